The number of benzene rings is 2. The Morgan fingerprint density at radius 1 is 1.14 bits per heavy atom. The average molecular weight is 395 g/mol. The normalized spacial score (nSPS) is 13.1. The van der Waals surface area contributed by atoms with Crippen molar-refractivity contribution in [2.24, 2.45) is 5.92 Å². The average Bonchev–Trinajstić information content (AvgIpc) is 2.76. The maximum atomic E-state index is 13.3. The monoisotopic (exact) mass is 395 g/mol. The summed E-state index contributed by atoms with van der Waals surface area (Å²) in [4.78, 5) is 20.4. The highest BCUT2D eigenvalue weighted by Crippen LogP contribution is 2.34. The summed E-state index contributed by atoms with van der Waals surface area (Å²) < 4.78 is 18.8. The molecule has 5 nitrogen and oxygen atoms in total. The first-order chi connectivity index (χ1) is 14.0. The molecular weight excluding hydrogens is 369 g/mol. The minimum atomic E-state index is -0.331. The van der Waals surface area contributed by atoms with Crippen LogP contribution in [-0.2, 0) is 4.79 Å². The smallest absolute Gasteiger partial charge is 0.145 e. The fraction of sp³-hybridized carbons (Fsp3) is 0.348. The zero-order valence-corrected chi connectivity index (χ0v) is 17.0. The summed E-state index contributed by atoms with van der Waals surface area (Å²) in [6.07, 6.45) is 5.16. The molecule has 3 rings (SSSR count). The van der Waals surface area contributed by atoms with E-state index >= 15 is 0 Å². The second-order valence-corrected chi connectivity index (χ2v) is 7.28. The zero-order chi connectivity index (χ0) is 20.8. The molecule has 0 radical (unpaired) electrons. The number of ether oxygens (including phenoxy) is 1. The van der Waals surface area contributed by atoms with Crippen molar-refractivity contribution in [2.75, 3.05) is 12.4 Å². The van der Waals surface area contributed by atoms with Crippen LogP contribution in [0.3, 0.4) is 0 Å². The molecule has 0 fully saturated rings. The number of carbonyl (C=O) groups is 1. The van der Waals surface area contributed by atoms with Gasteiger partial charge in [0.1, 0.15) is 35.5 Å². The van der Waals surface area contributed by atoms with E-state index in [-0.39, 0.29) is 11.9 Å². The molecule has 2 aromatic carbocycles. The molecule has 0 bridgehead atoms. The number of carbonyl (C=O) groups excluding carboxylic acids is 1. The standard InChI is InChI=1S/C23H26FN3O2/c1-4-15(2)5-10-19(13-28)27-23-20-11-17(16-6-8-18(24)9-7-16)12-21(29-3)22(20)25-14-26-23/h6-9,11-15,19H,4-5,10H2,1-3H3,(H,25,26,27). The lowest BCUT2D eigenvalue weighted by atomic mass is 9.99. The highest BCUT2D eigenvalue weighted by molar-refractivity contribution is 5.97. The Labute approximate surface area is 170 Å². The highest BCUT2D eigenvalue weighted by Gasteiger charge is 2.15. The number of hydrogen-bond acceptors (Lipinski definition) is 5. The maximum Gasteiger partial charge on any atom is 0.145 e. The van der Waals surface area contributed by atoms with Crippen molar-refractivity contribution in [1.29, 1.82) is 0 Å². The van der Waals surface area contributed by atoms with E-state index < -0.39 is 0 Å². The van der Waals surface area contributed by atoms with Crippen LogP contribution in [0.4, 0.5) is 10.2 Å². The van der Waals surface area contributed by atoms with Crippen molar-refractivity contribution >= 4 is 23.0 Å². The molecule has 0 amide bonds. The van der Waals surface area contributed by atoms with Gasteiger partial charge < -0.3 is 14.8 Å². The molecule has 0 saturated carbocycles. The van der Waals surface area contributed by atoms with Crippen molar-refractivity contribution in [2.45, 2.75) is 39.2 Å². The molecule has 29 heavy (non-hydrogen) atoms. The topological polar surface area (TPSA) is 64.1 Å². The fourth-order valence-electron chi connectivity index (χ4n) is 3.23. The molecule has 6 heteroatoms. The molecule has 0 spiro atoms. The third-order valence-corrected chi connectivity index (χ3v) is 5.25. The Morgan fingerprint density at radius 2 is 1.90 bits per heavy atom. The van der Waals surface area contributed by atoms with Gasteiger partial charge in [-0.3, -0.25) is 0 Å². The van der Waals surface area contributed by atoms with E-state index in [2.05, 4.69) is 29.1 Å². The van der Waals surface area contributed by atoms with E-state index in [0.29, 0.717) is 23.0 Å². The van der Waals surface area contributed by atoms with Gasteiger partial charge in [0.05, 0.1) is 13.2 Å². The SMILES string of the molecule is CCC(C)CCC(C=O)Nc1ncnc2c(OC)cc(-c3ccc(F)cc3)cc12. The molecule has 0 aliphatic heterocycles. The van der Waals surface area contributed by atoms with Gasteiger partial charge in [-0.25, -0.2) is 14.4 Å². The van der Waals surface area contributed by atoms with E-state index in [9.17, 15) is 9.18 Å². The van der Waals surface area contributed by atoms with Crippen molar-refractivity contribution < 1.29 is 13.9 Å². The Kier molecular flexibility index (Phi) is 6.75. The predicted octanol–water partition coefficient (Wildman–Crippen LogP) is 5.25. The number of nitrogens with zero attached hydrogens (tertiary/aromatic N) is 2. The van der Waals surface area contributed by atoms with Gasteiger partial charge in [-0.05, 0) is 54.2 Å². The largest absolute Gasteiger partial charge is 0.494 e. The van der Waals surface area contributed by atoms with E-state index in [1.165, 1.54) is 18.5 Å². The number of halogens is 1. The minimum Gasteiger partial charge on any atom is -0.494 e. The lowest BCUT2D eigenvalue weighted by Crippen LogP contribution is -2.22. The van der Waals surface area contributed by atoms with Gasteiger partial charge in [-0.2, -0.15) is 0 Å². The number of methoxy groups -OCH3 is 1. The van der Waals surface area contributed by atoms with Crippen LogP contribution in [0.15, 0.2) is 42.7 Å². The molecule has 1 N–H and O–H groups in total. The fourth-order valence-corrected chi connectivity index (χ4v) is 3.23. The second kappa shape index (κ2) is 9.45. The molecule has 1 heterocycles. The minimum absolute atomic E-state index is 0.290. The Balaban J connectivity index is 2.00. The molecule has 3 aromatic rings. The Morgan fingerprint density at radius 3 is 2.55 bits per heavy atom. The van der Waals surface area contributed by atoms with Crippen LogP contribution < -0.4 is 10.1 Å². The van der Waals surface area contributed by atoms with Crippen LogP contribution in [0, 0.1) is 11.7 Å². The van der Waals surface area contributed by atoms with Crippen molar-refractivity contribution in [1.82, 2.24) is 9.97 Å². The zero-order valence-electron chi connectivity index (χ0n) is 17.0. The second-order valence-electron chi connectivity index (χ2n) is 7.28. The van der Waals surface area contributed by atoms with E-state index in [4.69, 9.17) is 4.74 Å². The van der Waals surface area contributed by atoms with Crippen LogP contribution in [0.1, 0.15) is 33.1 Å². The number of aldehydes is 1. The van der Waals surface area contributed by atoms with Crippen LogP contribution >= 0.6 is 0 Å². The summed E-state index contributed by atoms with van der Waals surface area (Å²) in [5.41, 5.74) is 2.36. The van der Waals surface area contributed by atoms with Crippen LogP contribution in [0.5, 0.6) is 5.75 Å². The summed E-state index contributed by atoms with van der Waals surface area (Å²) in [5.74, 6) is 1.45. The molecular formula is C23H26FN3O2. The summed E-state index contributed by atoms with van der Waals surface area (Å²) in [6.45, 7) is 4.33. The first kappa shape index (κ1) is 20.7. The molecule has 0 aliphatic carbocycles. The number of aromatic nitrogens is 2. The summed E-state index contributed by atoms with van der Waals surface area (Å²) in [7, 11) is 1.58. The molecule has 0 saturated heterocycles. The van der Waals surface area contributed by atoms with E-state index in [0.717, 1.165) is 42.1 Å². The van der Waals surface area contributed by atoms with Crippen LogP contribution in [0.2, 0.25) is 0 Å². The highest BCUT2D eigenvalue weighted by atomic mass is 19.1. The Hall–Kier alpha value is -3.02. The van der Waals surface area contributed by atoms with Crippen molar-refractivity contribution in [3.8, 4) is 16.9 Å². The van der Waals surface area contributed by atoms with Crippen molar-refractivity contribution in [3.05, 3.63) is 48.5 Å². The molecule has 1 aromatic heterocycles. The first-order valence-electron chi connectivity index (χ1n) is 9.86. The van der Waals surface area contributed by atoms with E-state index in [1.54, 1.807) is 19.2 Å². The summed E-state index contributed by atoms with van der Waals surface area (Å²) in [6, 6.07) is 9.74. The summed E-state index contributed by atoms with van der Waals surface area (Å²) in [5, 5.41) is 4.01. The predicted molar refractivity (Wildman–Crippen MR) is 114 cm³/mol. The van der Waals surface area contributed by atoms with Gasteiger partial charge in [0.15, 0.2) is 0 Å². The van der Waals surface area contributed by atoms with Gasteiger partial charge in [-0.15, -0.1) is 0 Å². The van der Waals surface area contributed by atoms with Gasteiger partial charge in [-0.1, -0.05) is 32.4 Å². The third kappa shape index (κ3) is 4.88. The number of anilines is 1. The summed E-state index contributed by atoms with van der Waals surface area (Å²) >= 11 is 0. The number of nitrogens with one attached hydrogen (secondary N) is 1. The van der Waals surface area contributed by atoms with Gasteiger partial charge in [0.2, 0.25) is 0 Å². The molecule has 2 unspecified atom stereocenters. The molecule has 152 valence electrons. The quantitative estimate of drug-likeness (QED) is 0.501. The first-order valence-corrected chi connectivity index (χ1v) is 9.86. The van der Waals surface area contributed by atoms with Crippen molar-refractivity contribution in [3.63, 3.8) is 0 Å². The Bertz CT molecular complexity index is 976. The lowest BCUT2D eigenvalue weighted by molar-refractivity contribution is -0.108. The van der Waals surface area contributed by atoms with Crippen LogP contribution in [-0.4, -0.2) is 29.4 Å². The van der Waals surface area contributed by atoms with Gasteiger partial charge >= 0.3 is 0 Å². The number of hydrogen-bond donors (Lipinski definition) is 1. The maximum absolute atomic E-state index is 13.3. The number of fused-ring (bicyclic) bond motifs is 1. The van der Waals surface area contributed by atoms with E-state index in [1.807, 2.05) is 12.1 Å². The van der Waals surface area contributed by atoms with Gasteiger partial charge in [0, 0.05) is 5.39 Å². The lowest BCUT2D eigenvalue weighted by Gasteiger charge is -2.17. The number of rotatable bonds is 9. The van der Waals surface area contributed by atoms with Gasteiger partial charge in [0.25, 0.3) is 0 Å². The third-order valence-electron chi connectivity index (χ3n) is 5.25. The van der Waals surface area contributed by atoms with Crippen LogP contribution in [0.25, 0.3) is 22.0 Å². The molecule has 0 aliphatic rings. The molecule has 2 atom stereocenters.